The Morgan fingerprint density at radius 3 is 2.48 bits per heavy atom. The fourth-order valence-corrected chi connectivity index (χ4v) is 4.00. The second-order valence-corrected chi connectivity index (χ2v) is 8.71. The van der Waals surface area contributed by atoms with E-state index in [-0.39, 0.29) is 5.41 Å². The average molecular weight is 373 g/mol. The van der Waals surface area contributed by atoms with Crippen molar-refractivity contribution in [1.82, 2.24) is 15.1 Å². The fourth-order valence-electron chi connectivity index (χ4n) is 4.00. The van der Waals surface area contributed by atoms with Crippen LogP contribution < -0.4 is 5.32 Å². The molecule has 0 saturated carbocycles. The van der Waals surface area contributed by atoms with Crippen LogP contribution in [0.3, 0.4) is 0 Å². The Labute approximate surface area is 164 Å². The molecule has 1 unspecified atom stereocenters. The minimum absolute atomic E-state index is 0.214. The fraction of sp³-hybridized carbons (Fsp3) is 0.682. The van der Waals surface area contributed by atoms with Gasteiger partial charge < -0.3 is 15.0 Å². The maximum absolute atomic E-state index is 5.48. The van der Waals surface area contributed by atoms with Crippen molar-refractivity contribution >= 4 is 5.96 Å². The molecule has 27 heavy (non-hydrogen) atoms. The first kappa shape index (κ1) is 20.2. The van der Waals surface area contributed by atoms with Gasteiger partial charge in [0.05, 0.1) is 13.2 Å². The number of hydrogen-bond acceptors (Lipinski definition) is 3. The topological polar surface area (TPSA) is 40.1 Å². The third-order valence-electron chi connectivity index (χ3n) is 5.75. The van der Waals surface area contributed by atoms with E-state index in [0.717, 1.165) is 58.3 Å². The van der Waals surface area contributed by atoms with Crippen LogP contribution in [0, 0.1) is 0 Å². The van der Waals surface area contributed by atoms with Crippen LogP contribution in [0.5, 0.6) is 0 Å². The summed E-state index contributed by atoms with van der Waals surface area (Å²) in [5, 5.41) is 3.56. The van der Waals surface area contributed by atoms with Crippen LogP contribution in [0.1, 0.15) is 38.3 Å². The van der Waals surface area contributed by atoms with Crippen molar-refractivity contribution in [2.75, 3.05) is 53.0 Å². The lowest BCUT2D eigenvalue weighted by atomic mass is 9.86. The number of ether oxygens (including phenoxy) is 1. The largest absolute Gasteiger partial charge is 0.379 e. The zero-order chi connectivity index (χ0) is 19.3. The number of guanidine groups is 1. The summed E-state index contributed by atoms with van der Waals surface area (Å²) in [5.74, 6) is 1.04. The van der Waals surface area contributed by atoms with Crippen LogP contribution in [0.25, 0.3) is 0 Å². The number of benzene rings is 1. The predicted octanol–water partition coefficient (Wildman–Crippen LogP) is 2.51. The van der Waals surface area contributed by atoms with Crippen LogP contribution in [-0.4, -0.2) is 74.8 Å². The minimum Gasteiger partial charge on any atom is -0.379 e. The van der Waals surface area contributed by atoms with Gasteiger partial charge >= 0.3 is 0 Å². The van der Waals surface area contributed by atoms with Gasteiger partial charge in [-0.25, -0.2) is 0 Å². The molecule has 0 radical (unpaired) electrons. The standard InChI is InChI=1S/C22H36N4O/c1-22(2,3)19-7-5-18(6-8-19)9-11-24-21(23-4)26-12-10-20(17-26)25-13-15-27-16-14-25/h5-8,20H,9-17H2,1-4H3,(H,23,24). The van der Waals surface area contributed by atoms with Crippen molar-refractivity contribution < 1.29 is 4.74 Å². The average Bonchev–Trinajstić information content (AvgIpc) is 3.15. The van der Waals surface area contributed by atoms with Gasteiger partial charge in [-0.1, -0.05) is 45.0 Å². The van der Waals surface area contributed by atoms with Gasteiger partial charge in [0.2, 0.25) is 0 Å². The summed E-state index contributed by atoms with van der Waals surface area (Å²) in [6, 6.07) is 9.68. The Hall–Kier alpha value is -1.59. The van der Waals surface area contributed by atoms with E-state index in [1.54, 1.807) is 0 Å². The zero-order valence-corrected chi connectivity index (χ0v) is 17.5. The van der Waals surface area contributed by atoms with Crippen molar-refractivity contribution in [2.45, 2.75) is 45.1 Å². The summed E-state index contributed by atoms with van der Waals surface area (Å²) in [4.78, 5) is 9.50. The summed E-state index contributed by atoms with van der Waals surface area (Å²) >= 11 is 0. The first-order valence-electron chi connectivity index (χ1n) is 10.3. The molecule has 5 nitrogen and oxygen atoms in total. The van der Waals surface area contributed by atoms with Crippen LogP contribution in [0.4, 0.5) is 0 Å². The number of nitrogens with zero attached hydrogens (tertiary/aromatic N) is 3. The van der Waals surface area contributed by atoms with E-state index in [1.807, 2.05) is 7.05 Å². The van der Waals surface area contributed by atoms with Gasteiger partial charge in [-0.15, -0.1) is 0 Å². The number of morpholine rings is 1. The van der Waals surface area contributed by atoms with Crippen molar-refractivity contribution in [2.24, 2.45) is 4.99 Å². The molecule has 2 aliphatic rings. The molecule has 2 aliphatic heterocycles. The third-order valence-corrected chi connectivity index (χ3v) is 5.75. The minimum atomic E-state index is 0.214. The Bertz CT molecular complexity index is 614. The third kappa shape index (κ3) is 5.45. The lowest BCUT2D eigenvalue weighted by molar-refractivity contribution is 0.0195. The van der Waals surface area contributed by atoms with Gasteiger partial charge in [0.25, 0.3) is 0 Å². The summed E-state index contributed by atoms with van der Waals surface area (Å²) in [7, 11) is 1.89. The molecule has 1 N–H and O–H groups in total. The first-order chi connectivity index (χ1) is 13.0. The SMILES string of the molecule is CN=C(NCCc1ccc(C(C)(C)C)cc1)N1CCC(N2CCOCC2)C1. The molecule has 1 aromatic carbocycles. The highest BCUT2D eigenvalue weighted by atomic mass is 16.5. The molecule has 2 fully saturated rings. The smallest absolute Gasteiger partial charge is 0.193 e. The van der Waals surface area contributed by atoms with E-state index < -0.39 is 0 Å². The molecule has 3 rings (SSSR count). The number of likely N-dealkylation sites (tertiary alicyclic amines) is 1. The van der Waals surface area contributed by atoms with Crippen molar-refractivity contribution in [3.8, 4) is 0 Å². The van der Waals surface area contributed by atoms with E-state index in [0.29, 0.717) is 6.04 Å². The number of nitrogens with one attached hydrogen (secondary N) is 1. The molecule has 0 amide bonds. The molecule has 0 bridgehead atoms. The maximum Gasteiger partial charge on any atom is 0.193 e. The van der Waals surface area contributed by atoms with Gasteiger partial charge in [0.1, 0.15) is 0 Å². The Morgan fingerprint density at radius 2 is 1.85 bits per heavy atom. The second-order valence-electron chi connectivity index (χ2n) is 8.71. The van der Waals surface area contributed by atoms with Crippen molar-refractivity contribution in [1.29, 1.82) is 0 Å². The Morgan fingerprint density at radius 1 is 1.15 bits per heavy atom. The molecule has 0 aromatic heterocycles. The molecule has 1 aromatic rings. The first-order valence-corrected chi connectivity index (χ1v) is 10.3. The molecule has 0 spiro atoms. The van der Waals surface area contributed by atoms with Crippen LogP contribution >= 0.6 is 0 Å². The molecule has 2 saturated heterocycles. The quantitative estimate of drug-likeness (QED) is 0.651. The highest BCUT2D eigenvalue weighted by Crippen LogP contribution is 2.22. The summed E-state index contributed by atoms with van der Waals surface area (Å²) in [6.07, 6.45) is 2.24. The monoisotopic (exact) mass is 372 g/mol. The molecule has 1 atom stereocenters. The van der Waals surface area contributed by atoms with Crippen LogP contribution in [0.15, 0.2) is 29.3 Å². The number of rotatable bonds is 4. The number of aliphatic imine (C=N–C) groups is 1. The molecule has 150 valence electrons. The molecular weight excluding hydrogens is 336 g/mol. The highest BCUT2D eigenvalue weighted by molar-refractivity contribution is 5.80. The maximum atomic E-state index is 5.48. The van der Waals surface area contributed by atoms with E-state index in [9.17, 15) is 0 Å². The molecule has 2 heterocycles. The highest BCUT2D eigenvalue weighted by Gasteiger charge is 2.30. The Kier molecular flexibility index (Phi) is 6.77. The summed E-state index contributed by atoms with van der Waals surface area (Å²) in [5.41, 5.74) is 2.98. The normalized spacial score (nSPS) is 22.3. The van der Waals surface area contributed by atoms with Crippen LogP contribution in [0.2, 0.25) is 0 Å². The second kappa shape index (κ2) is 9.07. The van der Waals surface area contributed by atoms with Gasteiger partial charge in [-0.05, 0) is 29.4 Å². The predicted molar refractivity (Wildman–Crippen MR) is 113 cm³/mol. The van der Waals surface area contributed by atoms with Crippen molar-refractivity contribution in [3.63, 3.8) is 0 Å². The van der Waals surface area contributed by atoms with E-state index in [1.165, 1.54) is 17.5 Å². The summed E-state index contributed by atoms with van der Waals surface area (Å²) in [6.45, 7) is 13.7. The van der Waals surface area contributed by atoms with Crippen LogP contribution in [-0.2, 0) is 16.6 Å². The number of hydrogen-bond donors (Lipinski definition) is 1. The van der Waals surface area contributed by atoms with Gasteiger partial charge in [0.15, 0.2) is 5.96 Å². The molecule has 5 heteroatoms. The van der Waals surface area contributed by atoms with Gasteiger partial charge in [-0.2, -0.15) is 0 Å². The summed E-state index contributed by atoms with van der Waals surface area (Å²) < 4.78 is 5.48. The lowest BCUT2D eigenvalue weighted by Gasteiger charge is -2.32. The van der Waals surface area contributed by atoms with E-state index >= 15 is 0 Å². The van der Waals surface area contributed by atoms with Gasteiger partial charge in [-0.3, -0.25) is 9.89 Å². The van der Waals surface area contributed by atoms with E-state index in [2.05, 4.69) is 65.1 Å². The van der Waals surface area contributed by atoms with E-state index in [4.69, 9.17) is 4.74 Å². The van der Waals surface area contributed by atoms with Gasteiger partial charge in [0, 0.05) is 45.8 Å². The zero-order valence-electron chi connectivity index (χ0n) is 17.5. The Balaban J connectivity index is 1.45. The lowest BCUT2D eigenvalue weighted by Crippen LogP contribution is -2.46. The molecule has 0 aliphatic carbocycles. The van der Waals surface area contributed by atoms with Crippen molar-refractivity contribution in [3.05, 3.63) is 35.4 Å². The molecular formula is C22H36N4O.